The average Bonchev–Trinajstić information content (AvgIpc) is 2.71. The fourth-order valence-electron chi connectivity index (χ4n) is 2.54. The molecule has 0 aliphatic heterocycles. The van der Waals surface area contributed by atoms with Gasteiger partial charge in [-0.15, -0.1) is 0 Å². The summed E-state index contributed by atoms with van der Waals surface area (Å²) in [6, 6.07) is 28.1. The van der Waals surface area contributed by atoms with Crippen LogP contribution in [0.2, 0.25) is 0 Å². The van der Waals surface area contributed by atoms with Crippen LogP contribution in [-0.4, -0.2) is 12.6 Å². The molecule has 0 heterocycles. The van der Waals surface area contributed by atoms with Gasteiger partial charge in [0, 0.05) is 6.08 Å². The summed E-state index contributed by atoms with van der Waals surface area (Å²) in [4.78, 5) is 11.7. The van der Waals surface area contributed by atoms with Gasteiger partial charge in [-0.05, 0) is 40.5 Å². The Labute approximate surface area is 154 Å². The van der Waals surface area contributed by atoms with Crippen molar-refractivity contribution in [2.24, 2.45) is 0 Å². The van der Waals surface area contributed by atoms with Crippen LogP contribution in [0.5, 0.6) is 0 Å². The van der Waals surface area contributed by atoms with Crippen LogP contribution in [-0.2, 0) is 9.53 Å². The molecule has 0 unspecified atom stereocenters. The van der Waals surface area contributed by atoms with Crippen LogP contribution < -0.4 is 0 Å². The lowest BCUT2D eigenvalue weighted by molar-refractivity contribution is -0.136. The summed E-state index contributed by atoms with van der Waals surface area (Å²) in [5.41, 5.74) is 4.38. The summed E-state index contributed by atoms with van der Waals surface area (Å²) in [5, 5.41) is 0. The Morgan fingerprint density at radius 1 is 0.731 bits per heavy atom. The number of esters is 1. The molecule has 2 heteroatoms. The molecule has 26 heavy (non-hydrogen) atoms. The van der Waals surface area contributed by atoms with Crippen LogP contribution >= 0.6 is 0 Å². The van der Waals surface area contributed by atoms with Crippen LogP contribution in [0.25, 0.3) is 23.3 Å². The van der Waals surface area contributed by atoms with Gasteiger partial charge >= 0.3 is 5.97 Å². The molecule has 0 saturated carbocycles. The zero-order valence-corrected chi connectivity index (χ0v) is 14.4. The highest BCUT2D eigenvalue weighted by molar-refractivity contribution is 5.87. The van der Waals surface area contributed by atoms with Crippen molar-refractivity contribution in [3.63, 3.8) is 0 Å². The van der Waals surface area contributed by atoms with Crippen LogP contribution in [0.15, 0.2) is 97.1 Å². The molecule has 0 aliphatic carbocycles. The molecular formula is C24H20O2. The highest BCUT2D eigenvalue weighted by Gasteiger charge is 1.97. The fourth-order valence-corrected chi connectivity index (χ4v) is 2.54. The van der Waals surface area contributed by atoms with Crippen molar-refractivity contribution in [3.8, 4) is 11.1 Å². The average molecular weight is 340 g/mol. The summed E-state index contributed by atoms with van der Waals surface area (Å²) < 4.78 is 5.19. The van der Waals surface area contributed by atoms with Gasteiger partial charge in [0.2, 0.25) is 0 Å². The molecule has 0 radical (unpaired) electrons. The Morgan fingerprint density at radius 2 is 1.38 bits per heavy atom. The normalized spacial score (nSPS) is 11.1. The predicted molar refractivity (Wildman–Crippen MR) is 107 cm³/mol. The van der Waals surface area contributed by atoms with Crippen molar-refractivity contribution in [1.29, 1.82) is 0 Å². The molecule has 0 N–H and O–H groups in total. The highest BCUT2D eigenvalue weighted by Crippen LogP contribution is 2.20. The first-order chi connectivity index (χ1) is 12.8. The molecule has 0 amide bonds. The van der Waals surface area contributed by atoms with Gasteiger partial charge in [0.25, 0.3) is 0 Å². The number of carbonyl (C=O) groups is 1. The van der Waals surface area contributed by atoms with E-state index < -0.39 is 0 Å². The van der Waals surface area contributed by atoms with Gasteiger partial charge in [0.1, 0.15) is 6.61 Å². The van der Waals surface area contributed by atoms with Crippen molar-refractivity contribution in [1.82, 2.24) is 0 Å². The SMILES string of the molecule is O=C(C=Cc1ccccc1)OCC=Cc1cccc(-c2ccccc2)c1. The number of benzene rings is 3. The number of carbonyl (C=O) groups excluding carboxylic acids is 1. The lowest BCUT2D eigenvalue weighted by Crippen LogP contribution is -1.99. The summed E-state index contributed by atoms with van der Waals surface area (Å²) in [6.45, 7) is 0.244. The fraction of sp³-hybridized carbons (Fsp3) is 0.0417. The molecule has 2 nitrogen and oxygen atoms in total. The van der Waals surface area contributed by atoms with Crippen LogP contribution in [0.3, 0.4) is 0 Å². The Bertz CT molecular complexity index is 894. The number of hydrogen-bond acceptors (Lipinski definition) is 2. The summed E-state index contributed by atoms with van der Waals surface area (Å²) >= 11 is 0. The van der Waals surface area contributed by atoms with Gasteiger partial charge in [-0.1, -0.05) is 84.9 Å². The minimum atomic E-state index is -0.350. The Balaban J connectivity index is 1.53. The standard InChI is InChI=1S/C24H20O2/c25-24(17-16-20-9-3-1-4-10-20)26-18-8-12-21-11-7-15-23(19-21)22-13-5-2-6-14-22/h1-17,19H,18H2. The molecule has 3 rings (SSSR count). The number of ether oxygens (including phenoxy) is 1. The molecule has 3 aromatic carbocycles. The third-order valence-corrected chi connectivity index (χ3v) is 3.84. The Kier molecular flexibility index (Phi) is 6.16. The monoisotopic (exact) mass is 340 g/mol. The molecule has 0 atom stereocenters. The first-order valence-corrected chi connectivity index (χ1v) is 8.53. The topological polar surface area (TPSA) is 26.3 Å². The molecule has 0 bridgehead atoms. The third-order valence-electron chi connectivity index (χ3n) is 3.84. The zero-order chi connectivity index (χ0) is 18.0. The van der Waals surface area contributed by atoms with E-state index in [0.29, 0.717) is 0 Å². The molecule has 0 aromatic heterocycles. The third kappa shape index (κ3) is 5.32. The Morgan fingerprint density at radius 3 is 2.15 bits per heavy atom. The maximum absolute atomic E-state index is 11.7. The second-order valence-electron chi connectivity index (χ2n) is 5.77. The van der Waals surface area contributed by atoms with Gasteiger partial charge in [-0.25, -0.2) is 4.79 Å². The molecule has 0 fully saturated rings. The molecule has 0 spiro atoms. The highest BCUT2D eigenvalue weighted by atomic mass is 16.5. The van der Waals surface area contributed by atoms with Gasteiger partial charge in [-0.3, -0.25) is 0 Å². The smallest absolute Gasteiger partial charge is 0.331 e. The second-order valence-corrected chi connectivity index (χ2v) is 5.77. The van der Waals surface area contributed by atoms with Crippen molar-refractivity contribution >= 4 is 18.1 Å². The Hall–Kier alpha value is -3.39. The van der Waals surface area contributed by atoms with Crippen LogP contribution in [0.4, 0.5) is 0 Å². The molecule has 0 saturated heterocycles. The van der Waals surface area contributed by atoms with E-state index in [2.05, 4.69) is 24.3 Å². The molecule has 128 valence electrons. The largest absolute Gasteiger partial charge is 0.458 e. The zero-order valence-electron chi connectivity index (χ0n) is 14.4. The van der Waals surface area contributed by atoms with E-state index in [4.69, 9.17) is 4.74 Å². The maximum atomic E-state index is 11.7. The van der Waals surface area contributed by atoms with Gasteiger partial charge in [0.15, 0.2) is 0 Å². The van der Waals surface area contributed by atoms with Crippen LogP contribution in [0, 0.1) is 0 Å². The summed E-state index contributed by atoms with van der Waals surface area (Å²) in [5.74, 6) is -0.350. The lowest BCUT2D eigenvalue weighted by atomic mass is 10.0. The molecule has 0 aliphatic rings. The molecular weight excluding hydrogens is 320 g/mol. The van der Waals surface area contributed by atoms with E-state index >= 15 is 0 Å². The first kappa shape index (κ1) is 17.4. The lowest BCUT2D eigenvalue weighted by Gasteiger charge is -2.03. The van der Waals surface area contributed by atoms with Gasteiger partial charge in [0.05, 0.1) is 0 Å². The predicted octanol–water partition coefficient (Wildman–Crippen LogP) is 5.62. The summed E-state index contributed by atoms with van der Waals surface area (Å²) in [7, 11) is 0. The van der Waals surface area contributed by atoms with E-state index in [1.165, 1.54) is 11.6 Å². The van der Waals surface area contributed by atoms with Crippen molar-refractivity contribution in [3.05, 3.63) is 108 Å². The van der Waals surface area contributed by atoms with E-state index in [9.17, 15) is 4.79 Å². The second kappa shape index (κ2) is 9.19. The minimum Gasteiger partial charge on any atom is -0.458 e. The maximum Gasteiger partial charge on any atom is 0.331 e. The van der Waals surface area contributed by atoms with E-state index in [-0.39, 0.29) is 12.6 Å². The van der Waals surface area contributed by atoms with Crippen molar-refractivity contribution in [2.45, 2.75) is 0 Å². The van der Waals surface area contributed by atoms with Crippen LogP contribution in [0.1, 0.15) is 11.1 Å². The molecule has 3 aromatic rings. The minimum absolute atomic E-state index is 0.244. The van der Waals surface area contributed by atoms with E-state index in [1.807, 2.05) is 72.8 Å². The van der Waals surface area contributed by atoms with Gasteiger partial charge in [-0.2, -0.15) is 0 Å². The van der Waals surface area contributed by atoms with E-state index in [0.717, 1.165) is 16.7 Å². The quantitative estimate of drug-likeness (QED) is 0.430. The van der Waals surface area contributed by atoms with Crippen molar-refractivity contribution < 1.29 is 9.53 Å². The number of hydrogen-bond donors (Lipinski definition) is 0. The number of rotatable bonds is 6. The van der Waals surface area contributed by atoms with Crippen molar-refractivity contribution in [2.75, 3.05) is 6.61 Å². The van der Waals surface area contributed by atoms with Gasteiger partial charge < -0.3 is 4.74 Å². The summed E-state index contributed by atoms with van der Waals surface area (Å²) in [6.07, 6.45) is 6.99. The first-order valence-electron chi connectivity index (χ1n) is 8.53. The van der Waals surface area contributed by atoms with E-state index in [1.54, 1.807) is 6.08 Å².